The Morgan fingerprint density at radius 3 is 2.68 bits per heavy atom. The van der Waals surface area contributed by atoms with Crippen LogP contribution in [0.1, 0.15) is 83.5 Å². The molecule has 4 heterocycles. The molecule has 0 aromatic heterocycles. The molecular weight excluding hydrogens is 428 g/mol. The molecule has 5 fully saturated rings. The van der Waals surface area contributed by atoms with Crippen molar-refractivity contribution < 1.29 is 19.8 Å². The zero-order valence-electron chi connectivity index (χ0n) is 21.2. The maximum atomic E-state index is 11.5. The van der Waals surface area contributed by atoms with E-state index in [0.717, 1.165) is 38.4 Å². The first kappa shape index (κ1) is 24.9. The van der Waals surface area contributed by atoms with Crippen molar-refractivity contribution in [1.29, 1.82) is 0 Å². The van der Waals surface area contributed by atoms with Gasteiger partial charge in [0.15, 0.2) is 6.23 Å². The van der Waals surface area contributed by atoms with Gasteiger partial charge in [-0.05, 0) is 31.6 Å². The van der Waals surface area contributed by atoms with E-state index in [0.29, 0.717) is 18.1 Å². The van der Waals surface area contributed by atoms with Crippen molar-refractivity contribution in [3.8, 4) is 0 Å². The van der Waals surface area contributed by atoms with Gasteiger partial charge in [-0.25, -0.2) is 0 Å². The van der Waals surface area contributed by atoms with Crippen molar-refractivity contribution in [2.45, 2.75) is 108 Å². The highest BCUT2D eigenvalue weighted by Crippen LogP contribution is 2.27. The summed E-state index contributed by atoms with van der Waals surface area (Å²) in [7, 11) is 0. The molecule has 4 saturated heterocycles. The summed E-state index contributed by atoms with van der Waals surface area (Å²) < 4.78 is 0. The van der Waals surface area contributed by atoms with Crippen LogP contribution in [-0.4, -0.2) is 68.1 Å². The van der Waals surface area contributed by atoms with Crippen LogP contribution < -0.4 is 26.7 Å². The molecule has 6 atom stereocenters. The largest absolute Gasteiger partial charge is 0.369 e. The van der Waals surface area contributed by atoms with Crippen LogP contribution in [0.25, 0.3) is 0 Å². The number of carbonyl (C=O) groups is 1. The lowest BCUT2D eigenvalue weighted by Gasteiger charge is -2.39. The second kappa shape index (κ2) is 12.0. The topological polar surface area (TPSA) is 101 Å². The van der Waals surface area contributed by atoms with Gasteiger partial charge in [0.05, 0.1) is 25.8 Å². The highest BCUT2D eigenvalue weighted by molar-refractivity contribution is 5.76. The summed E-state index contributed by atoms with van der Waals surface area (Å²) in [5.41, 5.74) is 8.94. The Hall–Kier alpha value is -0.770. The fourth-order valence-corrected chi connectivity index (χ4v) is 7.67. The van der Waals surface area contributed by atoms with Gasteiger partial charge in [0.2, 0.25) is 5.91 Å². The van der Waals surface area contributed by atoms with E-state index in [1.165, 1.54) is 83.7 Å². The molecule has 0 aromatic rings. The Labute approximate surface area is 206 Å². The lowest BCUT2D eigenvalue weighted by Crippen LogP contribution is -3.15. The number of hydrogen-bond acceptors (Lipinski definition) is 5. The third-order valence-corrected chi connectivity index (χ3v) is 9.80. The first-order chi connectivity index (χ1) is 16.7. The zero-order valence-corrected chi connectivity index (χ0v) is 21.2. The van der Waals surface area contributed by atoms with Crippen LogP contribution in [0, 0.1) is 17.8 Å². The molecule has 1 amide bonds. The maximum absolute atomic E-state index is 11.5. The van der Waals surface area contributed by atoms with Gasteiger partial charge in [-0.2, -0.15) is 5.48 Å². The van der Waals surface area contributed by atoms with Crippen LogP contribution in [0.2, 0.25) is 0 Å². The molecule has 4 aliphatic heterocycles. The zero-order chi connectivity index (χ0) is 23.3. The van der Waals surface area contributed by atoms with E-state index in [1.54, 1.807) is 4.90 Å². The smallest absolute Gasteiger partial charge is 0.220 e. The number of nitrogens with two attached hydrogens (primary N) is 2. The van der Waals surface area contributed by atoms with Crippen molar-refractivity contribution in [2.24, 2.45) is 23.5 Å². The van der Waals surface area contributed by atoms with Gasteiger partial charge in [-0.3, -0.25) is 19.8 Å². The number of quaternary nitrogens is 2. The molecule has 5 rings (SSSR count). The van der Waals surface area contributed by atoms with E-state index in [4.69, 9.17) is 10.6 Å². The maximum Gasteiger partial charge on any atom is 0.220 e. The van der Waals surface area contributed by atoms with Crippen molar-refractivity contribution in [3.05, 3.63) is 0 Å². The second-order valence-corrected chi connectivity index (χ2v) is 11.9. The average Bonchev–Trinajstić information content (AvgIpc) is 3.55. The Morgan fingerprint density at radius 2 is 1.88 bits per heavy atom. The van der Waals surface area contributed by atoms with Crippen LogP contribution in [0.3, 0.4) is 0 Å². The number of rotatable bonds is 8. The lowest BCUT2D eigenvalue weighted by molar-refractivity contribution is -0.916. The average molecular weight is 479 g/mol. The molecule has 0 bridgehead atoms. The molecule has 0 aromatic carbocycles. The van der Waals surface area contributed by atoms with Crippen molar-refractivity contribution in [3.63, 3.8) is 0 Å². The summed E-state index contributed by atoms with van der Waals surface area (Å²) in [4.78, 5) is 22.1. The molecule has 5 unspecified atom stereocenters. The van der Waals surface area contributed by atoms with Gasteiger partial charge in [0, 0.05) is 50.6 Å². The first-order valence-electron chi connectivity index (χ1n) is 14.6. The quantitative estimate of drug-likeness (QED) is 0.329. The fourth-order valence-electron chi connectivity index (χ4n) is 7.67. The molecule has 0 spiro atoms. The molecule has 8 nitrogen and oxygen atoms in total. The summed E-state index contributed by atoms with van der Waals surface area (Å²) in [5, 5.41) is 6.37. The molecule has 5 aliphatic rings. The highest BCUT2D eigenvalue weighted by Gasteiger charge is 2.44. The number of hydrogen-bond donors (Lipinski definition) is 5. The minimum absolute atomic E-state index is 0.0717. The summed E-state index contributed by atoms with van der Waals surface area (Å²) in [6.07, 6.45) is 17.9. The molecule has 8 heteroatoms. The van der Waals surface area contributed by atoms with Crippen LogP contribution in [0.15, 0.2) is 0 Å². The van der Waals surface area contributed by atoms with E-state index >= 15 is 0 Å². The molecule has 1 saturated carbocycles. The number of likely N-dealkylation sites (tertiary alicyclic amines) is 2. The Morgan fingerprint density at radius 1 is 1.06 bits per heavy atom. The highest BCUT2D eigenvalue weighted by atomic mass is 16.7. The number of carbonyl (C=O) groups excluding carboxylic acids is 1. The number of primary amides is 1. The minimum Gasteiger partial charge on any atom is -0.369 e. The molecule has 7 N–H and O–H groups in total. The van der Waals surface area contributed by atoms with Crippen LogP contribution in [0.5, 0.6) is 0 Å². The van der Waals surface area contributed by atoms with Crippen LogP contribution in [-0.2, 0) is 9.63 Å². The third kappa shape index (κ3) is 6.13. The van der Waals surface area contributed by atoms with Gasteiger partial charge in [0.25, 0.3) is 0 Å². The Balaban J connectivity index is 1.06. The van der Waals surface area contributed by atoms with Gasteiger partial charge in [0.1, 0.15) is 12.2 Å². The minimum atomic E-state index is -0.121. The Kier molecular flexibility index (Phi) is 8.77. The summed E-state index contributed by atoms with van der Waals surface area (Å²) in [6, 6.07) is 0.586. The lowest BCUT2D eigenvalue weighted by atomic mass is 9.86. The SMILES string of the molecule is NC(=O)C1CCN(C2CC(C3NOC([C@@H]4CCC[NH+]4CCCC4CCCCC4)N3)CC[NH2+]2)CC1. The molecule has 1 aliphatic carbocycles. The first-order valence-corrected chi connectivity index (χ1v) is 14.6. The van der Waals surface area contributed by atoms with Crippen molar-refractivity contribution in [1.82, 2.24) is 15.7 Å². The summed E-state index contributed by atoms with van der Waals surface area (Å²) >= 11 is 0. The Bertz CT molecular complexity index is 651. The standard InChI is InChI=1S/C26H48N6O2/c27-24(33)20-11-16-32(17-12-20)23-18-21(10-13-28-23)25-29-26(34-30-25)22-9-5-15-31(22)14-4-8-19-6-2-1-3-7-19/h19-23,25-26,28-30H,1-18H2,(H2,27,33)/p+2/t21?,22-,23?,25?,26?/m0/s1. The molecular formula is C26H50N6O2+2. The number of amides is 1. The molecule has 0 radical (unpaired) electrons. The monoisotopic (exact) mass is 478 g/mol. The van der Waals surface area contributed by atoms with Crippen LogP contribution in [0.4, 0.5) is 0 Å². The van der Waals surface area contributed by atoms with Gasteiger partial charge < -0.3 is 16.0 Å². The number of hydroxylamine groups is 1. The number of piperidine rings is 2. The van der Waals surface area contributed by atoms with Gasteiger partial charge in [-0.1, -0.05) is 32.1 Å². The number of nitrogens with one attached hydrogen (secondary N) is 3. The summed E-state index contributed by atoms with van der Waals surface area (Å²) in [5.74, 6) is 1.54. The van der Waals surface area contributed by atoms with E-state index in [9.17, 15) is 4.79 Å². The fraction of sp³-hybridized carbons (Fsp3) is 0.962. The summed E-state index contributed by atoms with van der Waals surface area (Å²) in [6.45, 7) is 5.77. The van der Waals surface area contributed by atoms with Crippen molar-refractivity contribution in [2.75, 3.05) is 32.7 Å². The second-order valence-electron chi connectivity index (χ2n) is 11.9. The molecule has 34 heavy (non-hydrogen) atoms. The van der Waals surface area contributed by atoms with E-state index in [2.05, 4.69) is 21.0 Å². The van der Waals surface area contributed by atoms with E-state index < -0.39 is 0 Å². The van der Waals surface area contributed by atoms with Gasteiger partial charge >= 0.3 is 0 Å². The van der Waals surface area contributed by atoms with E-state index in [1.807, 2.05) is 0 Å². The molecule has 194 valence electrons. The third-order valence-electron chi connectivity index (χ3n) is 9.80. The number of nitrogens with zero attached hydrogens (tertiary/aromatic N) is 1. The van der Waals surface area contributed by atoms with Gasteiger partial charge in [-0.15, -0.1) is 0 Å². The van der Waals surface area contributed by atoms with Crippen molar-refractivity contribution >= 4 is 5.91 Å². The predicted molar refractivity (Wildman–Crippen MR) is 131 cm³/mol. The predicted octanol–water partition coefficient (Wildman–Crippen LogP) is -0.332. The van der Waals surface area contributed by atoms with Crippen LogP contribution >= 0.6 is 0 Å². The van der Waals surface area contributed by atoms with E-state index in [-0.39, 0.29) is 24.2 Å². The normalized spacial score (nSPS) is 38.9.